The van der Waals surface area contributed by atoms with Crippen molar-refractivity contribution in [2.75, 3.05) is 5.32 Å². The maximum absolute atomic E-state index is 13.5. The number of aromatic nitrogens is 3. The van der Waals surface area contributed by atoms with Crippen LogP contribution >= 0.6 is 0 Å². The molecule has 2 heterocycles. The van der Waals surface area contributed by atoms with Gasteiger partial charge in [0, 0.05) is 11.6 Å². The average molecular weight is 458 g/mol. The zero-order valence-corrected chi connectivity index (χ0v) is 17.2. The molecule has 0 aliphatic heterocycles. The van der Waals surface area contributed by atoms with Gasteiger partial charge in [-0.05, 0) is 19.1 Å². The van der Waals surface area contributed by atoms with Gasteiger partial charge in [0.05, 0.1) is 11.0 Å². The number of amides is 1. The maximum atomic E-state index is 13.5. The molecule has 11 heteroatoms. The molecule has 33 heavy (non-hydrogen) atoms. The predicted molar refractivity (Wildman–Crippen MR) is 110 cm³/mol. The summed E-state index contributed by atoms with van der Waals surface area (Å²) in [6, 6.07) is 15.4. The molecule has 170 valence electrons. The van der Waals surface area contributed by atoms with E-state index in [9.17, 15) is 22.8 Å². The number of halogens is 3. The standard InChI is InChI=1S/C22H17F3N4O4/c1-13-11-17(28-33-13)27-20(31)19(14-7-3-2-4-8-14)32-18(30)12-29-16-10-6-5-9-15(16)26-21(29)22(23,24)25/h2-11,19H,12H2,1H3,(H,27,28,31)/t19-/m1/s1. The Kier molecular flexibility index (Phi) is 5.86. The van der Waals surface area contributed by atoms with Gasteiger partial charge in [-0.15, -0.1) is 0 Å². The van der Waals surface area contributed by atoms with Crippen molar-refractivity contribution in [3.05, 3.63) is 77.8 Å². The molecule has 0 aliphatic rings. The zero-order valence-electron chi connectivity index (χ0n) is 17.2. The summed E-state index contributed by atoms with van der Waals surface area (Å²) in [5.74, 6) is -2.47. The number of nitrogens with zero attached hydrogens (tertiary/aromatic N) is 3. The van der Waals surface area contributed by atoms with Gasteiger partial charge >= 0.3 is 12.1 Å². The molecule has 0 bridgehead atoms. The highest BCUT2D eigenvalue weighted by Gasteiger charge is 2.38. The Morgan fingerprint density at radius 2 is 1.82 bits per heavy atom. The predicted octanol–water partition coefficient (Wildman–Crippen LogP) is 4.27. The van der Waals surface area contributed by atoms with Crippen molar-refractivity contribution in [2.45, 2.75) is 25.7 Å². The summed E-state index contributed by atoms with van der Waals surface area (Å²) in [5.41, 5.74) is 0.520. The monoisotopic (exact) mass is 458 g/mol. The van der Waals surface area contributed by atoms with Crippen LogP contribution < -0.4 is 5.32 Å². The van der Waals surface area contributed by atoms with Gasteiger partial charge in [-0.1, -0.05) is 47.6 Å². The molecule has 2 aromatic heterocycles. The first-order valence-corrected chi connectivity index (χ1v) is 9.73. The fourth-order valence-corrected chi connectivity index (χ4v) is 3.27. The van der Waals surface area contributed by atoms with E-state index in [1.807, 2.05) is 0 Å². The molecule has 0 spiro atoms. The number of anilines is 1. The zero-order chi connectivity index (χ0) is 23.6. The number of aryl methyl sites for hydroxylation is 1. The Morgan fingerprint density at radius 3 is 2.48 bits per heavy atom. The number of carbonyl (C=O) groups is 2. The van der Waals surface area contributed by atoms with E-state index in [0.717, 1.165) is 4.57 Å². The first-order chi connectivity index (χ1) is 15.7. The fourth-order valence-electron chi connectivity index (χ4n) is 3.27. The molecule has 0 saturated carbocycles. The number of hydrogen-bond donors (Lipinski definition) is 1. The smallest absolute Gasteiger partial charge is 0.446 e. The molecule has 4 aromatic rings. The summed E-state index contributed by atoms with van der Waals surface area (Å²) in [7, 11) is 0. The molecule has 0 saturated heterocycles. The Labute approximate surface area is 185 Å². The van der Waals surface area contributed by atoms with Crippen molar-refractivity contribution in [2.24, 2.45) is 0 Å². The third-order valence-corrected chi connectivity index (χ3v) is 4.66. The van der Waals surface area contributed by atoms with Gasteiger partial charge < -0.3 is 19.1 Å². The second-order valence-corrected chi connectivity index (χ2v) is 7.10. The van der Waals surface area contributed by atoms with Crippen LogP contribution in [0.15, 0.2) is 65.2 Å². The number of nitrogens with one attached hydrogen (secondary N) is 1. The summed E-state index contributed by atoms with van der Waals surface area (Å²) < 4.78 is 51.5. The van der Waals surface area contributed by atoms with E-state index in [1.165, 1.54) is 24.3 Å². The van der Waals surface area contributed by atoms with Gasteiger partial charge in [0.1, 0.15) is 12.3 Å². The summed E-state index contributed by atoms with van der Waals surface area (Å²) in [5, 5.41) is 6.13. The molecular weight excluding hydrogens is 441 g/mol. The lowest BCUT2D eigenvalue weighted by molar-refractivity contribution is -0.157. The number of benzene rings is 2. The van der Waals surface area contributed by atoms with E-state index in [1.54, 1.807) is 43.3 Å². The second-order valence-electron chi connectivity index (χ2n) is 7.10. The second kappa shape index (κ2) is 8.77. The summed E-state index contributed by atoms with van der Waals surface area (Å²) >= 11 is 0. The van der Waals surface area contributed by atoms with Crippen molar-refractivity contribution in [1.29, 1.82) is 0 Å². The van der Waals surface area contributed by atoms with Gasteiger partial charge in [-0.25, -0.2) is 4.98 Å². The molecule has 0 aliphatic carbocycles. The highest BCUT2D eigenvalue weighted by Crippen LogP contribution is 2.31. The third-order valence-electron chi connectivity index (χ3n) is 4.66. The minimum Gasteiger partial charge on any atom is -0.446 e. The van der Waals surface area contributed by atoms with Crippen molar-refractivity contribution in [1.82, 2.24) is 14.7 Å². The van der Waals surface area contributed by atoms with E-state index in [0.29, 0.717) is 11.3 Å². The molecular formula is C22H17F3N4O4. The van der Waals surface area contributed by atoms with Crippen LogP contribution in [-0.4, -0.2) is 26.6 Å². The normalized spacial score (nSPS) is 12.5. The maximum Gasteiger partial charge on any atom is 0.449 e. The fraction of sp³-hybridized carbons (Fsp3) is 0.182. The Morgan fingerprint density at radius 1 is 1.12 bits per heavy atom. The van der Waals surface area contributed by atoms with Crippen LogP contribution in [0.3, 0.4) is 0 Å². The number of fused-ring (bicyclic) bond motifs is 1. The van der Waals surface area contributed by atoms with Gasteiger partial charge in [0.2, 0.25) is 11.9 Å². The van der Waals surface area contributed by atoms with Crippen LogP contribution in [0, 0.1) is 6.92 Å². The summed E-state index contributed by atoms with van der Waals surface area (Å²) in [6.07, 6.45) is -6.22. The number of para-hydroxylation sites is 2. The molecule has 4 rings (SSSR count). The van der Waals surface area contributed by atoms with E-state index >= 15 is 0 Å². The number of carbonyl (C=O) groups excluding carboxylic acids is 2. The number of imidazole rings is 1. The Bertz CT molecular complexity index is 1300. The number of esters is 1. The average Bonchev–Trinajstić information content (AvgIpc) is 3.36. The number of alkyl halides is 3. The lowest BCUT2D eigenvalue weighted by Crippen LogP contribution is -2.28. The lowest BCUT2D eigenvalue weighted by atomic mass is 10.1. The van der Waals surface area contributed by atoms with E-state index < -0.39 is 36.5 Å². The van der Waals surface area contributed by atoms with Crippen molar-refractivity contribution < 1.29 is 32.0 Å². The number of hydrogen-bond acceptors (Lipinski definition) is 6. The quantitative estimate of drug-likeness (QED) is 0.433. The molecule has 8 nitrogen and oxygen atoms in total. The van der Waals surface area contributed by atoms with Crippen LogP contribution in [0.1, 0.15) is 23.3 Å². The largest absolute Gasteiger partial charge is 0.449 e. The molecule has 1 atom stereocenters. The Balaban J connectivity index is 1.61. The van der Waals surface area contributed by atoms with Gasteiger partial charge in [0.25, 0.3) is 5.91 Å². The topological polar surface area (TPSA) is 99.2 Å². The van der Waals surface area contributed by atoms with E-state index in [2.05, 4.69) is 15.5 Å². The van der Waals surface area contributed by atoms with Crippen LogP contribution in [0.4, 0.5) is 19.0 Å². The Hall–Kier alpha value is -4.15. The van der Waals surface area contributed by atoms with Crippen molar-refractivity contribution >= 4 is 28.7 Å². The summed E-state index contributed by atoms with van der Waals surface area (Å²) in [4.78, 5) is 29.2. The first-order valence-electron chi connectivity index (χ1n) is 9.73. The van der Waals surface area contributed by atoms with Crippen LogP contribution in [0.2, 0.25) is 0 Å². The third kappa shape index (κ3) is 4.86. The van der Waals surface area contributed by atoms with E-state index in [4.69, 9.17) is 9.26 Å². The minimum atomic E-state index is -4.79. The molecule has 1 amide bonds. The van der Waals surface area contributed by atoms with Crippen LogP contribution in [0.25, 0.3) is 11.0 Å². The van der Waals surface area contributed by atoms with Crippen molar-refractivity contribution in [3.8, 4) is 0 Å². The molecule has 0 radical (unpaired) electrons. The highest BCUT2D eigenvalue weighted by atomic mass is 19.4. The van der Waals surface area contributed by atoms with Gasteiger partial charge in [-0.2, -0.15) is 13.2 Å². The van der Waals surface area contributed by atoms with Crippen molar-refractivity contribution in [3.63, 3.8) is 0 Å². The van der Waals surface area contributed by atoms with E-state index in [-0.39, 0.29) is 16.9 Å². The minimum absolute atomic E-state index is 0.0800. The lowest BCUT2D eigenvalue weighted by Gasteiger charge is -2.18. The molecule has 0 unspecified atom stereocenters. The SMILES string of the molecule is Cc1cc(NC(=O)[C@H](OC(=O)Cn2c(C(F)(F)F)nc3ccccc32)c2ccccc2)no1. The molecule has 1 N–H and O–H groups in total. The van der Waals surface area contributed by atoms with Crippen LogP contribution in [-0.2, 0) is 27.0 Å². The summed E-state index contributed by atoms with van der Waals surface area (Å²) in [6.45, 7) is 0.833. The number of rotatable bonds is 6. The highest BCUT2D eigenvalue weighted by molar-refractivity contribution is 5.95. The van der Waals surface area contributed by atoms with Crippen LogP contribution in [0.5, 0.6) is 0 Å². The van der Waals surface area contributed by atoms with Gasteiger partial charge in [0.15, 0.2) is 5.82 Å². The first kappa shape index (κ1) is 22.1. The molecule has 0 fully saturated rings. The molecule has 2 aromatic carbocycles. The number of ether oxygens (including phenoxy) is 1. The van der Waals surface area contributed by atoms with Gasteiger partial charge in [-0.3, -0.25) is 9.59 Å².